The Hall–Kier alpha value is -1.71. The van der Waals surface area contributed by atoms with Gasteiger partial charge in [0.15, 0.2) is 0 Å². The van der Waals surface area contributed by atoms with Gasteiger partial charge in [0.1, 0.15) is 5.75 Å². The number of methoxy groups -OCH3 is 1. The summed E-state index contributed by atoms with van der Waals surface area (Å²) in [5, 5.41) is 8.81. The lowest BCUT2D eigenvalue weighted by Gasteiger charge is -2.20. The summed E-state index contributed by atoms with van der Waals surface area (Å²) in [7, 11) is 3.58. The van der Waals surface area contributed by atoms with Crippen molar-refractivity contribution in [1.82, 2.24) is 0 Å². The molecule has 0 amide bonds. The predicted molar refractivity (Wildman–Crippen MR) is 67.7 cm³/mol. The minimum atomic E-state index is -0.746. The molecule has 0 aliphatic carbocycles. The lowest BCUT2D eigenvalue weighted by atomic mass is 10.1. The van der Waals surface area contributed by atoms with Gasteiger partial charge in [-0.05, 0) is 18.6 Å². The Bertz CT molecular complexity index is 379. The van der Waals surface area contributed by atoms with Crippen molar-refractivity contribution in [2.45, 2.75) is 13.3 Å². The van der Waals surface area contributed by atoms with Crippen molar-refractivity contribution in [3.05, 3.63) is 24.3 Å². The van der Waals surface area contributed by atoms with Crippen LogP contribution in [-0.4, -0.2) is 31.8 Å². The summed E-state index contributed by atoms with van der Waals surface area (Å²) in [5.41, 5.74) is 1.03. The molecule has 4 heteroatoms. The third-order valence-corrected chi connectivity index (χ3v) is 2.81. The molecule has 1 N–H and O–H groups in total. The van der Waals surface area contributed by atoms with Crippen LogP contribution in [0.2, 0.25) is 0 Å². The number of nitrogens with zero attached hydrogens (tertiary/aromatic N) is 1. The molecule has 0 saturated carbocycles. The van der Waals surface area contributed by atoms with E-state index in [1.54, 1.807) is 14.0 Å². The quantitative estimate of drug-likeness (QED) is 0.824. The van der Waals surface area contributed by atoms with Crippen LogP contribution in [0.1, 0.15) is 13.3 Å². The summed E-state index contributed by atoms with van der Waals surface area (Å²) in [6.45, 7) is 2.43. The number of carbonyl (C=O) groups is 1. The van der Waals surface area contributed by atoms with Crippen molar-refractivity contribution in [3.8, 4) is 5.75 Å². The molecule has 1 atom stereocenters. The monoisotopic (exact) mass is 237 g/mol. The van der Waals surface area contributed by atoms with Crippen molar-refractivity contribution in [2.75, 3.05) is 25.6 Å². The van der Waals surface area contributed by atoms with Crippen LogP contribution in [0.25, 0.3) is 0 Å². The highest BCUT2D eigenvalue weighted by Crippen LogP contribution is 2.20. The van der Waals surface area contributed by atoms with Gasteiger partial charge in [0.2, 0.25) is 0 Å². The smallest absolute Gasteiger partial charge is 0.306 e. The van der Waals surface area contributed by atoms with E-state index in [0.29, 0.717) is 13.0 Å². The number of carboxylic acids is 1. The normalized spacial score (nSPS) is 11.9. The molecule has 0 aliphatic rings. The van der Waals surface area contributed by atoms with Crippen LogP contribution in [0.4, 0.5) is 5.69 Å². The molecule has 0 radical (unpaired) electrons. The van der Waals surface area contributed by atoms with Crippen LogP contribution < -0.4 is 9.64 Å². The van der Waals surface area contributed by atoms with Crippen molar-refractivity contribution >= 4 is 11.7 Å². The second kappa shape index (κ2) is 6.13. The topological polar surface area (TPSA) is 49.8 Å². The highest BCUT2D eigenvalue weighted by Gasteiger charge is 2.12. The molecule has 0 heterocycles. The minimum Gasteiger partial charge on any atom is -0.497 e. The van der Waals surface area contributed by atoms with Crippen LogP contribution >= 0.6 is 0 Å². The molecule has 0 aromatic heterocycles. The molecular weight excluding hydrogens is 218 g/mol. The number of rotatable bonds is 6. The Morgan fingerprint density at radius 3 is 2.82 bits per heavy atom. The van der Waals surface area contributed by atoms with E-state index in [-0.39, 0.29) is 5.92 Å². The van der Waals surface area contributed by atoms with Crippen molar-refractivity contribution in [1.29, 1.82) is 0 Å². The van der Waals surface area contributed by atoms with Crippen LogP contribution in [0, 0.1) is 5.92 Å². The predicted octanol–water partition coefficient (Wildman–Crippen LogP) is 2.24. The Morgan fingerprint density at radius 1 is 1.53 bits per heavy atom. The molecule has 4 nitrogen and oxygen atoms in total. The van der Waals surface area contributed by atoms with Crippen LogP contribution in [-0.2, 0) is 4.79 Å². The summed E-state index contributed by atoms with van der Waals surface area (Å²) in [5.74, 6) is -0.257. The summed E-state index contributed by atoms with van der Waals surface area (Å²) >= 11 is 0. The third-order valence-electron chi connectivity index (χ3n) is 2.81. The van der Waals surface area contributed by atoms with Crippen LogP contribution in [0.5, 0.6) is 5.75 Å². The maximum absolute atomic E-state index is 10.7. The molecule has 94 valence electrons. The van der Waals surface area contributed by atoms with E-state index in [9.17, 15) is 4.79 Å². The highest BCUT2D eigenvalue weighted by atomic mass is 16.5. The minimum absolute atomic E-state index is 0.317. The Balaban J connectivity index is 2.57. The summed E-state index contributed by atoms with van der Waals surface area (Å²) in [4.78, 5) is 12.7. The zero-order chi connectivity index (χ0) is 12.8. The lowest BCUT2D eigenvalue weighted by molar-refractivity contribution is -0.141. The zero-order valence-electron chi connectivity index (χ0n) is 10.5. The second-order valence-corrected chi connectivity index (χ2v) is 4.15. The largest absolute Gasteiger partial charge is 0.497 e. The zero-order valence-corrected chi connectivity index (χ0v) is 10.5. The number of anilines is 1. The van der Waals surface area contributed by atoms with Gasteiger partial charge in [0.05, 0.1) is 13.0 Å². The van der Waals surface area contributed by atoms with Gasteiger partial charge in [-0.1, -0.05) is 13.0 Å². The van der Waals surface area contributed by atoms with E-state index < -0.39 is 5.97 Å². The standard InChI is InChI=1S/C13H19NO3/c1-10(13(15)16)7-8-14(2)11-5-4-6-12(9-11)17-3/h4-6,9-10H,7-8H2,1-3H3,(H,15,16). The molecule has 0 saturated heterocycles. The second-order valence-electron chi connectivity index (χ2n) is 4.15. The molecule has 17 heavy (non-hydrogen) atoms. The fourth-order valence-corrected chi connectivity index (χ4v) is 1.49. The SMILES string of the molecule is COc1cccc(N(C)CCC(C)C(=O)O)c1. The van der Waals surface area contributed by atoms with E-state index >= 15 is 0 Å². The summed E-state index contributed by atoms with van der Waals surface area (Å²) in [6.07, 6.45) is 0.628. The fraction of sp³-hybridized carbons (Fsp3) is 0.462. The molecule has 1 unspecified atom stereocenters. The summed E-state index contributed by atoms with van der Waals surface area (Å²) < 4.78 is 5.15. The van der Waals surface area contributed by atoms with Gasteiger partial charge < -0.3 is 14.7 Å². The molecule has 1 rings (SSSR count). The molecule has 1 aromatic carbocycles. The van der Waals surface area contributed by atoms with Gasteiger partial charge in [0, 0.05) is 25.3 Å². The molecule has 1 aromatic rings. The van der Waals surface area contributed by atoms with Crippen molar-refractivity contribution < 1.29 is 14.6 Å². The van der Waals surface area contributed by atoms with E-state index in [0.717, 1.165) is 11.4 Å². The van der Waals surface area contributed by atoms with E-state index in [2.05, 4.69) is 0 Å². The average Bonchev–Trinajstić information content (AvgIpc) is 2.35. The Labute approximate surface area is 102 Å². The van der Waals surface area contributed by atoms with Crippen LogP contribution in [0.15, 0.2) is 24.3 Å². The molecule has 0 fully saturated rings. The average molecular weight is 237 g/mol. The van der Waals surface area contributed by atoms with E-state index in [1.165, 1.54) is 0 Å². The van der Waals surface area contributed by atoms with Crippen LogP contribution in [0.3, 0.4) is 0 Å². The first-order valence-corrected chi connectivity index (χ1v) is 5.62. The number of benzene rings is 1. The number of hydrogen-bond acceptors (Lipinski definition) is 3. The maximum Gasteiger partial charge on any atom is 0.306 e. The highest BCUT2D eigenvalue weighted by molar-refractivity contribution is 5.69. The fourth-order valence-electron chi connectivity index (χ4n) is 1.49. The molecule has 0 spiro atoms. The number of carboxylic acid groups (broad SMARTS) is 1. The van der Waals surface area contributed by atoms with Gasteiger partial charge in [-0.3, -0.25) is 4.79 Å². The molecular formula is C13H19NO3. The molecule has 0 aliphatic heterocycles. The summed E-state index contributed by atoms with van der Waals surface area (Å²) in [6, 6.07) is 7.72. The Kier molecular flexibility index (Phi) is 4.82. The first-order chi connectivity index (χ1) is 8.04. The van der Waals surface area contributed by atoms with Gasteiger partial charge in [0.25, 0.3) is 0 Å². The van der Waals surface area contributed by atoms with Crippen molar-refractivity contribution in [3.63, 3.8) is 0 Å². The number of ether oxygens (including phenoxy) is 1. The first kappa shape index (κ1) is 13.4. The van der Waals surface area contributed by atoms with E-state index in [1.807, 2.05) is 36.2 Å². The van der Waals surface area contributed by atoms with Gasteiger partial charge in [-0.25, -0.2) is 0 Å². The third kappa shape index (κ3) is 3.98. The van der Waals surface area contributed by atoms with Gasteiger partial charge >= 0.3 is 5.97 Å². The van der Waals surface area contributed by atoms with Gasteiger partial charge in [-0.15, -0.1) is 0 Å². The Morgan fingerprint density at radius 2 is 2.24 bits per heavy atom. The number of aliphatic carboxylic acids is 1. The lowest BCUT2D eigenvalue weighted by Crippen LogP contribution is -2.22. The van der Waals surface area contributed by atoms with Gasteiger partial charge in [-0.2, -0.15) is 0 Å². The first-order valence-electron chi connectivity index (χ1n) is 5.62. The maximum atomic E-state index is 10.7. The molecule has 0 bridgehead atoms. The van der Waals surface area contributed by atoms with Crippen molar-refractivity contribution in [2.24, 2.45) is 5.92 Å². The number of hydrogen-bond donors (Lipinski definition) is 1. The van der Waals surface area contributed by atoms with E-state index in [4.69, 9.17) is 9.84 Å².